The molecule has 0 spiro atoms. The van der Waals surface area contributed by atoms with Gasteiger partial charge in [0, 0.05) is 18.5 Å². The van der Waals surface area contributed by atoms with Crippen LogP contribution in [0.15, 0.2) is 0 Å². The Kier molecular flexibility index (Phi) is 5.54. The van der Waals surface area contributed by atoms with E-state index in [1.807, 2.05) is 0 Å². The number of hydrogen-bond donors (Lipinski definition) is 1. The Bertz CT molecular complexity index is 206. The average Bonchev–Trinajstić information content (AvgIpc) is 2.40. The van der Waals surface area contributed by atoms with Crippen molar-refractivity contribution in [2.75, 3.05) is 6.54 Å². The van der Waals surface area contributed by atoms with Crippen LogP contribution in [0.3, 0.4) is 0 Å². The van der Waals surface area contributed by atoms with Crippen molar-refractivity contribution in [3.63, 3.8) is 0 Å². The molecular weight excluding hydrogens is 204 g/mol. The van der Waals surface area contributed by atoms with Crippen molar-refractivity contribution in [2.24, 2.45) is 5.73 Å². The molecule has 1 fully saturated rings. The van der Waals surface area contributed by atoms with Crippen LogP contribution < -0.4 is 5.73 Å². The lowest BCUT2D eigenvalue weighted by Gasteiger charge is -2.34. The third-order valence-corrected chi connectivity index (χ3v) is 3.62. The van der Waals surface area contributed by atoms with E-state index in [9.17, 15) is 0 Å². The highest BCUT2D eigenvalue weighted by molar-refractivity contribution is 7.80. The minimum absolute atomic E-state index is 0.519. The number of rotatable bonds is 4. The van der Waals surface area contributed by atoms with Crippen LogP contribution in [0.1, 0.15) is 52.4 Å². The second kappa shape index (κ2) is 6.44. The Labute approximate surface area is 99.2 Å². The fraction of sp³-hybridized carbons (Fsp3) is 0.917. The first-order valence-corrected chi connectivity index (χ1v) is 6.60. The second-order valence-electron chi connectivity index (χ2n) is 4.67. The first-order valence-electron chi connectivity index (χ1n) is 6.19. The molecule has 2 nitrogen and oxygen atoms in total. The lowest BCUT2D eigenvalue weighted by atomic mass is 10.1. The van der Waals surface area contributed by atoms with Crippen molar-refractivity contribution in [1.29, 1.82) is 0 Å². The van der Waals surface area contributed by atoms with Gasteiger partial charge in [0.25, 0.3) is 0 Å². The predicted octanol–water partition coefficient (Wildman–Crippen LogP) is 2.71. The van der Waals surface area contributed by atoms with E-state index in [1.165, 1.54) is 38.6 Å². The maximum Gasteiger partial charge on any atom is 0.0742 e. The smallest absolute Gasteiger partial charge is 0.0742 e. The standard InChI is InChI=1S/C12H24N2S/c1-3-11-7-5-4-6-8-14(11)10(2)9-12(13)15/h10-11H,3-9H2,1-2H3,(H2,13,15). The normalized spacial score (nSPS) is 25.9. The molecule has 3 heteroatoms. The topological polar surface area (TPSA) is 29.3 Å². The van der Waals surface area contributed by atoms with Crippen LogP contribution in [0.5, 0.6) is 0 Å². The van der Waals surface area contributed by atoms with Crippen molar-refractivity contribution < 1.29 is 0 Å². The molecule has 1 rings (SSSR count). The van der Waals surface area contributed by atoms with Crippen molar-refractivity contribution >= 4 is 17.2 Å². The van der Waals surface area contributed by atoms with Crippen molar-refractivity contribution in [2.45, 2.75) is 64.5 Å². The molecule has 0 saturated carbocycles. The Morgan fingerprint density at radius 1 is 1.47 bits per heavy atom. The summed E-state index contributed by atoms with van der Waals surface area (Å²) in [6.07, 6.45) is 7.56. The van der Waals surface area contributed by atoms with Gasteiger partial charge in [0.05, 0.1) is 4.99 Å². The molecule has 2 N–H and O–H groups in total. The zero-order valence-corrected chi connectivity index (χ0v) is 10.9. The molecule has 0 aliphatic carbocycles. The summed E-state index contributed by atoms with van der Waals surface area (Å²) in [4.78, 5) is 3.27. The molecule has 0 bridgehead atoms. The summed E-state index contributed by atoms with van der Waals surface area (Å²) in [6, 6.07) is 1.27. The van der Waals surface area contributed by atoms with Gasteiger partial charge in [0.1, 0.15) is 0 Å². The van der Waals surface area contributed by atoms with Crippen molar-refractivity contribution in [3.8, 4) is 0 Å². The molecule has 0 aromatic heterocycles. The Morgan fingerprint density at radius 3 is 2.80 bits per heavy atom. The third-order valence-electron chi connectivity index (χ3n) is 3.46. The zero-order chi connectivity index (χ0) is 11.3. The van der Waals surface area contributed by atoms with Crippen LogP contribution in [0, 0.1) is 0 Å². The lowest BCUT2D eigenvalue weighted by Crippen LogP contribution is -2.42. The monoisotopic (exact) mass is 228 g/mol. The molecule has 88 valence electrons. The van der Waals surface area contributed by atoms with Gasteiger partial charge in [-0.1, -0.05) is 32.0 Å². The number of thiocarbonyl (C=S) groups is 1. The van der Waals surface area contributed by atoms with E-state index in [2.05, 4.69) is 18.7 Å². The fourth-order valence-corrected chi connectivity index (χ4v) is 2.87. The Balaban J connectivity index is 2.56. The van der Waals surface area contributed by atoms with Crippen LogP contribution in [0.25, 0.3) is 0 Å². The minimum atomic E-state index is 0.519. The van der Waals surface area contributed by atoms with Crippen LogP contribution in [0.4, 0.5) is 0 Å². The van der Waals surface area contributed by atoms with E-state index in [0.29, 0.717) is 11.0 Å². The van der Waals surface area contributed by atoms with Gasteiger partial charge in [-0.2, -0.15) is 0 Å². The van der Waals surface area contributed by atoms with Gasteiger partial charge >= 0.3 is 0 Å². The number of nitrogens with two attached hydrogens (primary N) is 1. The maximum absolute atomic E-state index is 5.63. The van der Waals surface area contributed by atoms with Crippen LogP contribution in [0.2, 0.25) is 0 Å². The van der Waals surface area contributed by atoms with E-state index in [-0.39, 0.29) is 0 Å². The summed E-state index contributed by atoms with van der Waals surface area (Å²) in [7, 11) is 0. The van der Waals surface area contributed by atoms with E-state index < -0.39 is 0 Å². The number of hydrogen-bond acceptors (Lipinski definition) is 2. The molecule has 0 radical (unpaired) electrons. The summed E-state index contributed by atoms with van der Waals surface area (Å²) < 4.78 is 0. The first kappa shape index (κ1) is 12.9. The molecule has 1 aliphatic rings. The number of likely N-dealkylation sites (tertiary alicyclic amines) is 1. The van der Waals surface area contributed by atoms with Crippen LogP contribution in [-0.2, 0) is 0 Å². The quantitative estimate of drug-likeness (QED) is 0.750. The SMILES string of the molecule is CCC1CCCCCN1C(C)CC(N)=S. The van der Waals surface area contributed by atoms with Gasteiger partial charge in [-0.3, -0.25) is 4.90 Å². The van der Waals surface area contributed by atoms with Crippen molar-refractivity contribution in [1.82, 2.24) is 4.90 Å². The minimum Gasteiger partial charge on any atom is -0.393 e. The largest absolute Gasteiger partial charge is 0.393 e. The molecular formula is C12H24N2S. The lowest BCUT2D eigenvalue weighted by molar-refractivity contribution is 0.146. The molecule has 0 aromatic carbocycles. The van der Waals surface area contributed by atoms with Gasteiger partial charge in [0.2, 0.25) is 0 Å². The third kappa shape index (κ3) is 4.07. The summed E-state index contributed by atoms with van der Waals surface area (Å²) in [5.41, 5.74) is 5.63. The molecule has 15 heavy (non-hydrogen) atoms. The van der Waals surface area contributed by atoms with Crippen LogP contribution >= 0.6 is 12.2 Å². The van der Waals surface area contributed by atoms with E-state index in [4.69, 9.17) is 18.0 Å². The predicted molar refractivity (Wildman–Crippen MR) is 70.1 cm³/mol. The van der Waals surface area contributed by atoms with Gasteiger partial charge in [-0.25, -0.2) is 0 Å². The molecule has 2 atom stereocenters. The van der Waals surface area contributed by atoms with Crippen molar-refractivity contribution in [3.05, 3.63) is 0 Å². The first-order chi connectivity index (χ1) is 7.15. The van der Waals surface area contributed by atoms with E-state index in [1.54, 1.807) is 0 Å². The highest BCUT2D eigenvalue weighted by Gasteiger charge is 2.23. The zero-order valence-electron chi connectivity index (χ0n) is 10.0. The van der Waals surface area contributed by atoms with Crippen LogP contribution in [-0.4, -0.2) is 28.5 Å². The summed E-state index contributed by atoms with van der Waals surface area (Å²) in [5.74, 6) is 0. The van der Waals surface area contributed by atoms with Gasteiger partial charge < -0.3 is 5.73 Å². The second-order valence-corrected chi connectivity index (χ2v) is 5.19. The molecule has 0 amide bonds. The maximum atomic E-state index is 5.63. The van der Waals surface area contributed by atoms with Gasteiger partial charge in [-0.15, -0.1) is 0 Å². The van der Waals surface area contributed by atoms with E-state index in [0.717, 1.165) is 12.5 Å². The highest BCUT2D eigenvalue weighted by Crippen LogP contribution is 2.22. The Morgan fingerprint density at radius 2 is 2.20 bits per heavy atom. The molecule has 2 unspecified atom stereocenters. The summed E-state index contributed by atoms with van der Waals surface area (Å²) in [5, 5.41) is 0. The molecule has 1 heterocycles. The van der Waals surface area contributed by atoms with Gasteiger partial charge in [0.15, 0.2) is 0 Å². The Hall–Kier alpha value is -0.150. The average molecular weight is 228 g/mol. The number of nitrogens with zero attached hydrogens (tertiary/aromatic N) is 1. The highest BCUT2D eigenvalue weighted by atomic mass is 32.1. The van der Waals surface area contributed by atoms with Gasteiger partial charge in [-0.05, 0) is 32.7 Å². The molecule has 1 saturated heterocycles. The molecule has 0 aromatic rings. The van der Waals surface area contributed by atoms with E-state index >= 15 is 0 Å². The summed E-state index contributed by atoms with van der Waals surface area (Å²) >= 11 is 5.00. The fourth-order valence-electron chi connectivity index (χ4n) is 2.63. The molecule has 1 aliphatic heterocycles. The summed E-state index contributed by atoms with van der Waals surface area (Å²) in [6.45, 7) is 5.77.